The Balaban J connectivity index is 2.26. The van der Waals surface area contributed by atoms with E-state index in [-0.39, 0.29) is 11.8 Å². The smallest absolute Gasteiger partial charge is 0.368 e. The van der Waals surface area contributed by atoms with Crippen LogP contribution in [-0.4, -0.2) is 17.0 Å². The van der Waals surface area contributed by atoms with E-state index in [1.165, 1.54) is 11.3 Å². The predicted molar refractivity (Wildman–Crippen MR) is 67.9 cm³/mol. The molecule has 2 N–H and O–H groups in total. The second kappa shape index (κ2) is 5.04. The first-order chi connectivity index (χ1) is 8.86. The second-order valence-electron chi connectivity index (χ2n) is 3.96. The van der Waals surface area contributed by atoms with Gasteiger partial charge in [-0.2, -0.15) is 29.5 Å². The van der Waals surface area contributed by atoms with E-state index in [1.807, 2.05) is 16.8 Å². The average Bonchev–Trinajstić information content (AvgIpc) is 2.79. The van der Waals surface area contributed by atoms with Crippen molar-refractivity contribution < 1.29 is 13.2 Å². The van der Waals surface area contributed by atoms with Crippen molar-refractivity contribution in [3.8, 4) is 0 Å². The molecular weight excluding hydrogens is 277 g/mol. The maximum atomic E-state index is 12.6. The van der Waals surface area contributed by atoms with Crippen LogP contribution in [0.5, 0.6) is 0 Å². The molecule has 0 spiro atoms. The number of alkyl halides is 3. The number of hydrogen-bond donors (Lipinski definition) is 1. The van der Waals surface area contributed by atoms with Gasteiger partial charge in [0.2, 0.25) is 5.95 Å². The lowest BCUT2D eigenvalue weighted by molar-refractivity contribution is -0.141. The average molecular weight is 288 g/mol. The Morgan fingerprint density at radius 3 is 2.68 bits per heavy atom. The Labute approximate surface area is 111 Å². The van der Waals surface area contributed by atoms with Gasteiger partial charge in [0.15, 0.2) is 5.69 Å². The molecular formula is C11H11F3N4S. The third-order valence-corrected chi connectivity index (χ3v) is 3.14. The molecule has 19 heavy (non-hydrogen) atoms. The third kappa shape index (κ3) is 3.34. The fraction of sp³-hybridized carbons (Fsp3) is 0.273. The maximum Gasteiger partial charge on any atom is 0.433 e. The van der Waals surface area contributed by atoms with Crippen LogP contribution in [0.4, 0.5) is 24.9 Å². The van der Waals surface area contributed by atoms with Gasteiger partial charge in [-0.05, 0) is 22.4 Å². The summed E-state index contributed by atoms with van der Waals surface area (Å²) in [5.41, 5.74) is 5.28. The Morgan fingerprint density at radius 1 is 1.37 bits per heavy atom. The number of nitrogens with two attached hydrogens (primary N) is 1. The number of anilines is 2. The first-order valence-electron chi connectivity index (χ1n) is 5.30. The molecule has 0 saturated heterocycles. The van der Waals surface area contributed by atoms with Crippen molar-refractivity contribution in [2.24, 2.45) is 0 Å². The number of nitrogen functional groups attached to an aromatic ring is 1. The maximum absolute atomic E-state index is 12.6. The molecule has 2 heterocycles. The number of nitrogens with zero attached hydrogens (tertiary/aromatic N) is 3. The van der Waals surface area contributed by atoms with Crippen LogP contribution in [0, 0.1) is 0 Å². The van der Waals surface area contributed by atoms with Crippen LogP contribution in [-0.2, 0) is 12.7 Å². The van der Waals surface area contributed by atoms with E-state index >= 15 is 0 Å². The second-order valence-corrected chi connectivity index (χ2v) is 4.74. The van der Waals surface area contributed by atoms with E-state index in [9.17, 15) is 13.2 Å². The zero-order valence-corrected chi connectivity index (χ0v) is 10.8. The molecule has 0 bridgehead atoms. The molecule has 0 atom stereocenters. The first kappa shape index (κ1) is 13.6. The van der Waals surface area contributed by atoms with Gasteiger partial charge in [-0.1, -0.05) is 0 Å². The highest BCUT2D eigenvalue weighted by Crippen LogP contribution is 2.30. The highest BCUT2D eigenvalue weighted by atomic mass is 32.1. The minimum absolute atomic E-state index is 0.144. The monoisotopic (exact) mass is 288 g/mol. The van der Waals surface area contributed by atoms with Crippen molar-refractivity contribution in [2.75, 3.05) is 17.7 Å². The molecule has 2 aromatic rings. The molecule has 2 aromatic heterocycles. The Kier molecular flexibility index (Phi) is 3.61. The highest BCUT2D eigenvalue weighted by molar-refractivity contribution is 7.07. The van der Waals surface area contributed by atoms with Gasteiger partial charge in [0, 0.05) is 19.7 Å². The Morgan fingerprint density at radius 2 is 2.11 bits per heavy atom. The minimum atomic E-state index is -4.53. The van der Waals surface area contributed by atoms with Crippen molar-refractivity contribution in [2.45, 2.75) is 12.7 Å². The van der Waals surface area contributed by atoms with Gasteiger partial charge in [0.05, 0.1) is 0 Å². The summed E-state index contributed by atoms with van der Waals surface area (Å²) in [5, 5.41) is 3.82. The van der Waals surface area contributed by atoms with Crippen LogP contribution < -0.4 is 10.6 Å². The molecule has 0 amide bonds. The van der Waals surface area contributed by atoms with Crippen molar-refractivity contribution in [3.63, 3.8) is 0 Å². The summed E-state index contributed by atoms with van der Waals surface area (Å²) in [6, 6.07) is 2.79. The van der Waals surface area contributed by atoms with E-state index in [4.69, 9.17) is 5.73 Å². The van der Waals surface area contributed by atoms with E-state index in [0.29, 0.717) is 6.54 Å². The van der Waals surface area contributed by atoms with Gasteiger partial charge in [0.25, 0.3) is 0 Å². The number of rotatable bonds is 3. The number of aromatic nitrogens is 2. The lowest BCUT2D eigenvalue weighted by atomic mass is 10.3. The molecule has 0 saturated carbocycles. The van der Waals surface area contributed by atoms with Gasteiger partial charge in [-0.25, -0.2) is 4.98 Å². The minimum Gasteiger partial charge on any atom is -0.368 e. The van der Waals surface area contributed by atoms with Crippen LogP contribution in [0.2, 0.25) is 0 Å². The van der Waals surface area contributed by atoms with E-state index < -0.39 is 11.9 Å². The summed E-state index contributed by atoms with van der Waals surface area (Å²) in [6.07, 6.45) is -4.53. The van der Waals surface area contributed by atoms with Crippen molar-refractivity contribution in [3.05, 3.63) is 34.2 Å². The fourth-order valence-corrected chi connectivity index (χ4v) is 2.19. The van der Waals surface area contributed by atoms with E-state index in [2.05, 4.69) is 9.97 Å². The van der Waals surface area contributed by atoms with Gasteiger partial charge in [-0.15, -0.1) is 0 Å². The fourth-order valence-electron chi connectivity index (χ4n) is 1.53. The van der Waals surface area contributed by atoms with Crippen LogP contribution >= 0.6 is 11.3 Å². The lowest BCUT2D eigenvalue weighted by Crippen LogP contribution is -2.20. The van der Waals surface area contributed by atoms with Crippen LogP contribution in [0.25, 0.3) is 0 Å². The summed E-state index contributed by atoms with van der Waals surface area (Å²) in [7, 11) is 1.65. The van der Waals surface area contributed by atoms with Crippen LogP contribution in [0.15, 0.2) is 22.9 Å². The van der Waals surface area contributed by atoms with Crippen LogP contribution in [0.1, 0.15) is 11.3 Å². The summed E-state index contributed by atoms with van der Waals surface area (Å²) < 4.78 is 37.9. The standard InChI is InChI=1S/C11H11F3N4S/c1-18(5-7-2-3-19-6-7)9-4-8(11(12,13)14)16-10(15)17-9/h2-4,6H,5H2,1H3,(H2,15,16,17). The molecule has 0 radical (unpaired) electrons. The highest BCUT2D eigenvalue weighted by Gasteiger charge is 2.33. The van der Waals surface area contributed by atoms with Gasteiger partial charge in [-0.3, -0.25) is 0 Å². The molecule has 0 aromatic carbocycles. The van der Waals surface area contributed by atoms with Gasteiger partial charge in [0.1, 0.15) is 5.82 Å². The summed E-state index contributed by atoms with van der Waals surface area (Å²) >= 11 is 1.52. The SMILES string of the molecule is CN(Cc1ccsc1)c1cc(C(F)(F)F)nc(N)n1. The van der Waals surface area contributed by atoms with Crippen molar-refractivity contribution >= 4 is 23.1 Å². The Hall–Kier alpha value is -1.83. The van der Waals surface area contributed by atoms with Crippen LogP contribution in [0.3, 0.4) is 0 Å². The number of thiophene rings is 1. The van der Waals surface area contributed by atoms with E-state index in [1.54, 1.807) is 11.9 Å². The topological polar surface area (TPSA) is 55.0 Å². The molecule has 102 valence electrons. The molecule has 8 heteroatoms. The largest absolute Gasteiger partial charge is 0.433 e. The molecule has 0 unspecified atom stereocenters. The lowest BCUT2D eigenvalue weighted by Gasteiger charge is -2.18. The molecule has 0 aliphatic heterocycles. The molecule has 0 aliphatic carbocycles. The van der Waals surface area contributed by atoms with Gasteiger partial charge >= 0.3 is 6.18 Å². The van der Waals surface area contributed by atoms with Crippen molar-refractivity contribution in [1.29, 1.82) is 0 Å². The summed E-state index contributed by atoms with van der Waals surface area (Å²) in [4.78, 5) is 8.62. The first-order valence-corrected chi connectivity index (χ1v) is 6.24. The normalized spacial score (nSPS) is 11.6. The quantitative estimate of drug-likeness (QED) is 0.943. The van der Waals surface area contributed by atoms with E-state index in [0.717, 1.165) is 11.6 Å². The number of halogens is 3. The predicted octanol–water partition coefficient (Wildman–Crippen LogP) is 2.78. The Bertz CT molecular complexity index is 554. The molecule has 2 rings (SSSR count). The number of hydrogen-bond acceptors (Lipinski definition) is 5. The van der Waals surface area contributed by atoms with Gasteiger partial charge < -0.3 is 10.6 Å². The molecule has 0 fully saturated rings. The molecule has 0 aliphatic rings. The molecule has 4 nitrogen and oxygen atoms in total. The summed E-state index contributed by atoms with van der Waals surface area (Å²) in [5.74, 6) is -0.243. The zero-order chi connectivity index (χ0) is 14.0. The van der Waals surface area contributed by atoms with Crippen molar-refractivity contribution in [1.82, 2.24) is 9.97 Å². The summed E-state index contributed by atoms with van der Waals surface area (Å²) in [6.45, 7) is 0.456. The third-order valence-electron chi connectivity index (χ3n) is 2.41. The zero-order valence-electron chi connectivity index (χ0n) is 9.98.